The van der Waals surface area contributed by atoms with E-state index in [1.807, 2.05) is 0 Å². The molecule has 1 atom stereocenters. The summed E-state index contributed by atoms with van der Waals surface area (Å²) in [4.78, 5) is 0.0662. The van der Waals surface area contributed by atoms with E-state index in [2.05, 4.69) is 17.0 Å². The van der Waals surface area contributed by atoms with Gasteiger partial charge in [0.1, 0.15) is 9.23 Å². The Morgan fingerprint density at radius 2 is 2.20 bits per heavy atom. The molecule has 0 radical (unpaired) electrons. The van der Waals surface area contributed by atoms with Crippen LogP contribution in [-0.2, 0) is 10.0 Å². The van der Waals surface area contributed by atoms with Crippen LogP contribution in [0.3, 0.4) is 0 Å². The van der Waals surface area contributed by atoms with Crippen LogP contribution < -0.4 is 10.0 Å². The zero-order valence-corrected chi connectivity index (χ0v) is 14.9. The Bertz CT molecular complexity index is 554. The first kappa shape index (κ1) is 18.5. The van der Waals surface area contributed by atoms with E-state index in [4.69, 9.17) is 23.2 Å². The van der Waals surface area contributed by atoms with Gasteiger partial charge in [0.05, 0.1) is 4.34 Å². The molecule has 2 rings (SSSR count). The van der Waals surface area contributed by atoms with Crippen LogP contribution in [0.4, 0.5) is 0 Å². The van der Waals surface area contributed by atoms with Crippen molar-refractivity contribution in [3.8, 4) is 0 Å². The lowest BCUT2D eigenvalue weighted by molar-refractivity contribution is 0.238. The molecule has 1 aliphatic heterocycles. The van der Waals surface area contributed by atoms with Crippen molar-refractivity contribution in [3.63, 3.8) is 0 Å². The summed E-state index contributed by atoms with van der Waals surface area (Å²) in [6, 6.07) is 1.39. The molecule has 116 valence electrons. The highest BCUT2D eigenvalue weighted by Crippen LogP contribution is 2.34. The van der Waals surface area contributed by atoms with Crippen LogP contribution in [0, 0.1) is 5.41 Å². The van der Waals surface area contributed by atoms with Crippen LogP contribution in [-0.4, -0.2) is 28.1 Å². The highest BCUT2D eigenvalue weighted by atomic mass is 35.5. The summed E-state index contributed by atoms with van der Waals surface area (Å²) in [6.07, 6.45) is 2.06. The van der Waals surface area contributed by atoms with Gasteiger partial charge in [-0.1, -0.05) is 30.1 Å². The van der Waals surface area contributed by atoms with Gasteiger partial charge in [0.15, 0.2) is 0 Å². The first-order valence-corrected chi connectivity index (χ1v) is 9.03. The quantitative estimate of drug-likeness (QED) is 0.845. The maximum Gasteiger partial charge on any atom is 0.242 e. The van der Waals surface area contributed by atoms with Gasteiger partial charge < -0.3 is 5.32 Å². The van der Waals surface area contributed by atoms with E-state index >= 15 is 0 Å². The lowest BCUT2D eigenvalue weighted by atomic mass is 9.83. The number of rotatable bonds is 4. The summed E-state index contributed by atoms with van der Waals surface area (Å²) in [5.74, 6) is 0. The normalized spacial score (nSPS) is 23.4. The fraction of sp³-hybridized carbons (Fsp3) is 0.636. The van der Waals surface area contributed by atoms with Gasteiger partial charge in [-0.3, -0.25) is 0 Å². The van der Waals surface area contributed by atoms with Gasteiger partial charge in [0.2, 0.25) is 10.0 Å². The Morgan fingerprint density at radius 1 is 1.50 bits per heavy atom. The third kappa shape index (κ3) is 4.47. The van der Waals surface area contributed by atoms with Crippen LogP contribution in [0.2, 0.25) is 8.67 Å². The van der Waals surface area contributed by atoms with Crippen molar-refractivity contribution in [1.29, 1.82) is 0 Å². The molecule has 1 unspecified atom stereocenters. The van der Waals surface area contributed by atoms with Crippen LogP contribution in [0.1, 0.15) is 19.8 Å². The van der Waals surface area contributed by atoms with Crippen molar-refractivity contribution in [2.24, 2.45) is 5.41 Å². The molecule has 0 spiro atoms. The molecule has 0 saturated carbocycles. The molecule has 0 aromatic carbocycles. The number of halogens is 3. The molecule has 20 heavy (non-hydrogen) atoms. The summed E-state index contributed by atoms with van der Waals surface area (Å²) >= 11 is 12.7. The zero-order chi connectivity index (χ0) is 14.1. The second kappa shape index (κ2) is 7.13. The second-order valence-electron chi connectivity index (χ2n) is 5.10. The molecule has 0 bridgehead atoms. The fourth-order valence-corrected chi connectivity index (χ4v) is 5.47. The lowest BCUT2D eigenvalue weighted by Crippen LogP contribution is -2.45. The fourth-order valence-electron chi connectivity index (χ4n) is 2.12. The number of sulfonamides is 1. The Hall–Kier alpha value is 0.440. The van der Waals surface area contributed by atoms with Crippen molar-refractivity contribution >= 4 is 57.0 Å². The average Bonchev–Trinajstić information content (AvgIpc) is 2.68. The summed E-state index contributed by atoms with van der Waals surface area (Å²) in [5.41, 5.74) is -0.0579. The van der Waals surface area contributed by atoms with Crippen molar-refractivity contribution < 1.29 is 8.42 Å². The van der Waals surface area contributed by atoms with Crippen LogP contribution in [0.25, 0.3) is 0 Å². The topological polar surface area (TPSA) is 58.2 Å². The molecule has 1 aromatic heterocycles. The van der Waals surface area contributed by atoms with E-state index in [9.17, 15) is 8.42 Å². The lowest BCUT2D eigenvalue weighted by Gasteiger charge is -2.34. The monoisotopic (exact) mass is 378 g/mol. The van der Waals surface area contributed by atoms with Crippen LogP contribution in [0.5, 0.6) is 0 Å². The molecule has 1 aromatic rings. The smallest absolute Gasteiger partial charge is 0.242 e. The third-order valence-electron chi connectivity index (χ3n) is 3.29. The number of piperidine rings is 1. The van der Waals surface area contributed by atoms with Crippen LogP contribution in [0.15, 0.2) is 11.0 Å². The molecule has 1 fully saturated rings. The Balaban J connectivity index is 0.00000200. The van der Waals surface area contributed by atoms with E-state index in [1.165, 1.54) is 6.07 Å². The summed E-state index contributed by atoms with van der Waals surface area (Å²) < 4.78 is 27.6. The highest BCUT2D eigenvalue weighted by Gasteiger charge is 2.29. The average molecular weight is 380 g/mol. The second-order valence-corrected chi connectivity index (χ2v) is 9.12. The van der Waals surface area contributed by atoms with Gasteiger partial charge in [-0.25, -0.2) is 13.1 Å². The molecule has 2 heterocycles. The van der Waals surface area contributed by atoms with Crippen molar-refractivity contribution in [2.45, 2.75) is 24.7 Å². The van der Waals surface area contributed by atoms with Crippen molar-refractivity contribution in [2.75, 3.05) is 19.6 Å². The molecular formula is C11H17Cl3N2O2S2. The van der Waals surface area contributed by atoms with Gasteiger partial charge in [0.25, 0.3) is 0 Å². The molecule has 4 nitrogen and oxygen atoms in total. The Labute approximate surface area is 139 Å². The van der Waals surface area contributed by atoms with Crippen molar-refractivity contribution in [1.82, 2.24) is 10.0 Å². The molecular weight excluding hydrogens is 363 g/mol. The highest BCUT2D eigenvalue weighted by molar-refractivity contribution is 7.89. The van der Waals surface area contributed by atoms with E-state index < -0.39 is 10.0 Å². The molecule has 2 N–H and O–H groups in total. The van der Waals surface area contributed by atoms with Crippen molar-refractivity contribution in [3.05, 3.63) is 14.7 Å². The summed E-state index contributed by atoms with van der Waals surface area (Å²) in [5, 5.41) is 3.29. The maximum absolute atomic E-state index is 12.2. The summed E-state index contributed by atoms with van der Waals surface area (Å²) in [7, 11) is -3.59. The summed E-state index contributed by atoms with van der Waals surface area (Å²) in [6.45, 7) is 4.28. The minimum absolute atomic E-state index is 0. The maximum atomic E-state index is 12.2. The van der Waals surface area contributed by atoms with E-state index in [-0.39, 0.29) is 27.1 Å². The van der Waals surface area contributed by atoms with Gasteiger partial charge in [-0.2, -0.15) is 0 Å². The number of hydrogen-bond donors (Lipinski definition) is 2. The standard InChI is InChI=1S/C11H16Cl2N2O2S2.ClH/c1-11(3-2-4-14-6-11)7-15-19(16,17)8-5-9(12)18-10(8)13;/h5,14-15H,2-4,6-7H2,1H3;1H. The number of hydrogen-bond acceptors (Lipinski definition) is 4. The Kier molecular flexibility index (Phi) is 6.59. The first-order chi connectivity index (χ1) is 8.82. The predicted octanol–water partition coefficient (Wildman–Crippen LogP) is 3.14. The van der Waals surface area contributed by atoms with Crippen LogP contribution >= 0.6 is 46.9 Å². The van der Waals surface area contributed by atoms with Gasteiger partial charge in [-0.15, -0.1) is 23.7 Å². The Morgan fingerprint density at radius 3 is 2.70 bits per heavy atom. The first-order valence-electron chi connectivity index (χ1n) is 5.98. The largest absolute Gasteiger partial charge is 0.316 e. The van der Waals surface area contributed by atoms with E-state index in [0.29, 0.717) is 10.9 Å². The molecule has 1 aliphatic rings. The molecule has 0 aliphatic carbocycles. The van der Waals surface area contributed by atoms with Gasteiger partial charge in [-0.05, 0) is 30.9 Å². The molecule has 0 amide bonds. The molecule has 1 saturated heterocycles. The third-order valence-corrected chi connectivity index (χ3v) is 6.44. The van der Waals surface area contributed by atoms with Gasteiger partial charge >= 0.3 is 0 Å². The minimum atomic E-state index is -3.59. The number of nitrogens with one attached hydrogen (secondary N) is 2. The van der Waals surface area contributed by atoms with E-state index in [1.54, 1.807) is 0 Å². The van der Waals surface area contributed by atoms with E-state index in [0.717, 1.165) is 37.3 Å². The predicted molar refractivity (Wildman–Crippen MR) is 87.0 cm³/mol. The molecule has 9 heteroatoms. The van der Waals surface area contributed by atoms with Gasteiger partial charge in [0, 0.05) is 13.1 Å². The SMILES string of the molecule is CC1(CNS(=O)(=O)c2cc(Cl)sc2Cl)CCCNC1.Cl. The number of thiophene rings is 1. The minimum Gasteiger partial charge on any atom is -0.316 e. The zero-order valence-electron chi connectivity index (χ0n) is 10.9.